The van der Waals surface area contributed by atoms with Crippen LogP contribution in [0.15, 0.2) is 24.3 Å². The number of hydrogen-bond acceptors (Lipinski definition) is 3. The van der Waals surface area contributed by atoms with E-state index >= 15 is 0 Å². The van der Waals surface area contributed by atoms with Gasteiger partial charge in [0.2, 0.25) is 0 Å². The second kappa shape index (κ2) is 19.5. The lowest BCUT2D eigenvalue weighted by molar-refractivity contribution is -0.138. The van der Waals surface area contributed by atoms with E-state index < -0.39 is 5.97 Å². The van der Waals surface area contributed by atoms with Crippen LogP contribution in [0.2, 0.25) is 0 Å². The van der Waals surface area contributed by atoms with Crippen LogP contribution in [-0.4, -0.2) is 23.7 Å². The third-order valence-corrected chi connectivity index (χ3v) is 3.68. The highest BCUT2D eigenvalue weighted by Crippen LogP contribution is 2.10. The van der Waals surface area contributed by atoms with E-state index in [1.165, 1.54) is 63.9 Å². The molecule has 0 bridgehead atoms. The Bertz CT molecular complexity index is 359. The molecule has 0 spiro atoms. The molecule has 140 valence electrons. The molecule has 1 N–H and O–H groups in total. The van der Waals surface area contributed by atoms with Gasteiger partial charge < -0.3 is 9.84 Å². The summed E-state index contributed by atoms with van der Waals surface area (Å²) in [5.74, 6) is -1.15. The number of allylic oxidation sites excluding steroid dienone is 1. The van der Waals surface area contributed by atoms with Crippen LogP contribution in [0, 0.1) is 0 Å². The molecule has 0 aromatic heterocycles. The van der Waals surface area contributed by atoms with E-state index in [2.05, 4.69) is 13.5 Å². The summed E-state index contributed by atoms with van der Waals surface area (Å²) in [6.07, 6.45) is 15.7. The number of carbonyl (C=O) groups is 2. The third kappa shape index (κ3) is 20.4. The minimum Gasteiger partial charge on any atom is -0.478 e. The van der Waals surface area contributed by atoms with Crippen LogP contribution in [0.25, 0.3) is 0 Å². The van der Waals surface area contributed by atoms with E-state index in [0.29, 0.717) is 12.2 Å². The lowest BCUT2D eigenvalue weighted by Crippen LogP contribution is -2.01. The van der Waals surface area contributed by atoms with Gasteiger partial charge in [-0.05, 0) is 20.3 Å². The van der Waals surface area contributed by atoms with E-state index in [1.54, 1.807) is 19.9 Å². The number of carbonyl (C=O) groups excluding carboxylic acids is 1. The first-order valence-electron chi connectivity index (χ1n) is 9.14. The average Bonchev–Trinajstić information content (AvgIpc) is 2.59. The molecule has 0 heterocycles. The van der Waals surface area contributed by atoms with E-state index in [0.717, 1.165) is 6.42 Å². The molecule has 0 saturated heterocycles. The maximum atomic E-state index is 10.7. The van der Waals surface area contributed by atoms with Gasteiger partial charge in [-0.3, -0.25) is 0 Å². The Labute approximate surface area is 148 Å². The van der Waals surface area contributed by atoms with Crippen LogP contribution in [0.1, 0.15) is 85.0 Å². The zero-order valence-corrected chi connectivity index (χ0v) is 15.8. The molecule has 4 heteroatoms. The molecule has 0 radical (unpaired) electrons. The number of carboxylic acid groups (broad SMARTS) is 1. The number of rotatable bonds is 13. The lowest BCUT2D eigenvalue weighted by atomic mass is 10.1. The lowest BCUT2D eigenvalue weighted by Gasteiger charge is -2.03. The maximum absolute atomic E-state index is 10.7. The summed E-state index contributed by atoms with van der Waals surface area (Å²) >= 11 is 0. The van der Waals surface area contributed by atoms with Crippen molar-refractivity contribution in [3.63, 3.8) is 0 Å². The number of ether oxygens (including phenoxy) is 1. The molecule has 0 aromatic rings. The molecule has 0 aliphatic heterocycles. The van der Waals surface area contributed by atoms with Gasteiger partial charge in [0.25, 0.3) is 0 Å². The highest BCUT2D eigenvalue weighted by Gasteiger charge is 1.96. The molecule has 0 atom stereocenters. The van der Waals surface area contributed by atoms with Crippen LogP contribution in [0.5, 0.6) is 0 Å². The molecule has 24 heavy (non-hydrogen) atoms. The minimum absolute atomic E-state index is 0.305. The van der Waals surface area contributed by atoms with Crippen molar-refractivity contribution in [3.05, 3.63) is 24.3 Å². The van der Waals surface area contributed by atoms with Crippen molar-refractivity contribution in [1.29, 1.82) is 0 Å². The number of esters is 1. The van der Waals surface area contributed by atoms with E-state index in [1.807, 2.05) is 0 Å². The van der Waals surface area contributed by atoms with E-state index in [4.69, 9.17) is 9.84 Å². The number of aliphatic carboxylic acids is 1. The molecule has 0 aromatic carbocycles. The Balaban J connectivity index is 0. The van der Waals surface area contributed by atoms with Gasteiger partial charge in [-0.25, -0.2) is 9.59 Å². The summed E-state index contributed by atoms with van der Waals surface area (Å²) in [4.78, 5) is 20.6. The van der Waals surface area contributed by atoms with Gasteiger partial charge in [-0.1, -0.05) is 77.4 Å². The Morgan fingerprint density at radius 1 is 0.958 bits per heavy atom. The molecule has 0 aliphatic carbocycles. The Kier molecular flexibility index (Phi) is 20.0. The SMILES string of the molecule is C=CC(=O)OCCCCCCCCCCCC.CC=C(C)C(=O)O. The first-order valence-corrected chi connectivity index (χ1v) is 9.14. The third-order valence-electron chi connectivity index (χ3n) is 3.68. The van der Waals surface area contributed by atoms with Gasteiger partial charge in [0.1, 0.15) is 0 Å². The predicted octanol–water partition coefficient (Wildman–Crippen LogP) is 5.67. The molecule has 0 fully saturated rings. The van der Waals surface area contributed by atoms with Crippen molar-refractivity contribution < 1.29 is 19.4 Å². The van der Waals surface area contributed by atoms with E-state index in [-0.39, 0.29) is 5.97 Å². The molecular weight excluding hydrogens is 304 g/mol. The van der Waals surface area contributed by atoms with Crippen LogP contribution in [0.3, 0.4) is 0 Å². The molecular formula is C20H36O4. The number of carboxylic acids is 1. The summed E-state index contributed by atoms with van der Waals surface area (Å²) < 4.78 is 4.91. The van der Waals surface area contributed by atoms with Gasteiger partial charge >= 0.3 is 11.9 Å². The Hall–Kier alpha value is -1.58. The monoisotopic (exact) mass is 340 g/mol. The molecule has 0 unspecified atom stereocenters. The van der Waals surface area contributed by atoms with Crippen molar-refractivity contribution in [2.45, 2.75) is 85.0 Å². The predicted molar refractivity (Wildman–Crippen MR) is 100 cm³/mol. The zero-order valence-electron chi connectivity index (χ0n) is 15.8. The van der Waals surface area contributed by atoms with Gasteiger partial charge in [-0.15, -0.1) is 0 Å². The van der Waals surface area contributed by atoms with Crippen LogP contribution >= 0.6 is 0 Å². The summed E-state index contributed by atoms with van der Waals surface area (Å²) in [7, 11) is 0. The van der Waals surface area contributed by atoms with Crippen LogP contribution < -0.4 is 0 Å². The Morgan fingerprint density at radius 2 is 1.42 bits per heavy atom. The smallest absolute Gasteiger partial charge is 0.330 e. The van der Waals surface area contributed by atoms with Crippen molar-refractivity contribution in [3.8, 4) is 0 Å². The van der Waals surface area contributed by atoms with E-state index in [9.17, 15) is 9.59 Å². The van der Waals surface area contributed by atoms with Crippen molar-refractivity contribution in [2.24, 2.45) is 0 Å². The second-order valence-electron chi connectivity index (χ2n) is 5.83. The molecule has 0 amide bonds. The van der Waals surface area contributed by atoms with Crippen LogP contribution in [-0.2, 0) is 14.3 Å². The quantitative estimate of drug-likeness (QED) is 0.266. The maximum Gasteiger partial charge on any atom is 0.330 e. The molecule has 0 aliphatic rings. The van der Waals surface area contributed by atoms with Gasteiger partial charge in [0.05, 0.1) is 6.61 Å². The fourth-order valence-corrected chi connectivity index (χ4v) is 1.94. The van der Waals surface area contributed by atoms with Gasteiger partial charge in [-0.2, -0.15) is 0 Å². The number of hydrogen-bond donors (Lipinski definition) is 1. The van der Waals surface area contributed by atoms with Crippen LogP contribution in [0.4, 0.5) is 0 Å². The number of unbranched alkanes of at least 4 members (excludes halogenated alkanes) is 9. The average molecular weight is 341 g/mol. The highest BCUT2D eigenvalue weighted by molar-refractivity contribution is 5.85. The molecule has 0 rings (SSSR count). The van der Waals surface area contributed by atoms with Crippen molar-refractivity contribution >= 4 is 11.9 Å². The topological polar surface area (TPSA) is 63.6 Å². The first kappa shape index (κ1) is 24.7. The highest BCUT2D eigenvalue weighted by atomic mass is 16.5. The van der Waals surface area contributed by atoms with Gasteiger partial charge in [0.15, 0.2) is 0 Å². The molecule has 0 saturated carbocycles. The second-order valence-corrected chi connectivity index (χ2v) is 5.83. The van der Waals surface area contributed by atoms with Crippen molar-refractivity contribution in [2.75, 3.05) is 6.61 Å². The first-order chi connectivity index (χ1) is 11.5. The summed E-state index contributed by atoms with van der Waals surface area (Å²) in [5, 5.41) is 8.11. The standard InChI is InChI=1S/C15H28O2.C5H8O2/c1-3-5-6-7-8-9-10-11-12-13-14-17-15(16)4-2;1-3-4(2)5(6)7/h4H,2-3,5-14H2,1H3;3H,1-2H3,(H,6,7). The Morgan fingerprint density at radius 3 is 1.75 bits per heavy atom. The van der Waals surface area contributed by atoms with Gasteiger partial charge in [0, 0.05) is 11.6 Å². The fraction of sp³-hybridized carbons (Fsp3) is 0.700. The summed E-state index contributed by atoms with van der Waals surface area (Å²) in [5.41, 5.74) is 0.389. The minimum atomic E-state index is -0.845. The zero-order chi connectivity index (χ0) is 18.6. The normalized spacial score (nSPS) is 10.5. The molecule has 4 nitrogen and oxygen atoms in total. The van der Waals surface area contributed by atoms with Crippen molar-refractivity contribution in [1.82, 2.24) is 0 Å². The summed E-state index contributed by atoms with van der Waals surface area (Å²) in [6.45, 7) is 9.40. The largest absolute Gasteiger partial charge is 0.478 e. The fourth-order valence-electron chi connectivity index (χ4n) is 1.94. The summed E-state index contributed by atoms with van der Waals surface area (Å²) in [6, 6.07) is 0.